The van der Waals surface area contributed by atoms with Crippen LogP contribution in [-0.2, 0) is 20.6 Å². The van der Waals surface area contributed by atoms with Gasteiger partial charge in [-0.1, -0.05) is 0 Å². The van der Waals surface area contributed by atoms with Crippen molar-refractivity contribution >= 4 is 11.2 Å². The van der Waals surface area contributed by atoms with Crippen molar-refractivity contribution in [1.29, 1.82) is 0 Å². The number of nitrogens with one attached hydrogen (secondary N) is 2. The fourth-order valence-electron chi connectivity index (χ4n) is 3.19. The summed E-state index contributed by atoms with van der Waals surface area (Å²) in [5.74, 6) is 0.784. The Balaban J connectivity index is 2.02. The molecular formula is C14H22N5O2+. The van der Waals surface area contributed by atoms with Gasteiger partial charge in [0.25, 0.3) is 5.56 Å². The Morgan fingerprint density at radius 1 is 1.29 bits per heavy atom. The molecule has 2 aromatic rings. The number of nitrogens with zero attached hydrogens (tertiary/aromatic N) is 3. The molecule has 1 aliphatic heterocycles. The molecule has 1 aliphatic rings. The van der Waals surface area contributed by atoms with Crippen molar-refractivity contribution in [2.75, 3.05) is 6.54 Å². The normalized spacial score (nSPS) is 22.8. The van der Waals surface area contributed by atoms with Crippen LogP contribution in [0, 0.1) is 0 Å². The minimum absolute atomic E-state index is 0.312. The van der Waals surface area contributed by atoms with Gasteiger partial charge < -0.3 is 9.88 Å². The Labute approximate surface area is 122 Å². The van der Waals surface area contributed by atoms with Gasteiger partial charge in [0, 0.05) is 14.1 Å². The van der Waals surface area contributed by atoms with Gasteiger partial charge in [0.05, 0.1) is 12.6 Å². The molecule has 0 bridgehead atoms. The van der Waals surface area contributed by atoms with Crippen LogP contribution in [0.4, 0.5) is 0 Å². The quantitative estimate of drug-likeness (QED) is 0.739. The van der Waals surface area contributed by atoms with Gasteiger partial charge in [-0.05, 0) is 26.2 Å². The van der Waals surface area contributed by atoms with Crippen LogP contribution in [0.25, 0.3) is 11.2 Å². The predicted molar refractivity (Wildman–Crippen MR) is 79.4 cm³/mol. The maximum atomic E-state index is 12.1. The second-order valence-corrected chi connectivity index (χ2v) is 6.07. The maximum absolute atomic E-state index is 12.1. The first-order chi connectivity index (χ1) is 9.99. The van der Waals surface area contributed by atoms with Gasteiger partial charge in [0.15, 0.2) is 11.5 Å². The average molecular weight is 292 g/mol. The minimum Gasteiger partial charge on any atom is -0.331 e. The Hall–Kier alpha value is -1.89. The molecule has 3 rings (SSSR count). The molecule has 3 heterocycles. The van der Waals surface area contributed by atoms with E-state index in [-0.39, 0.29) is 11.2 Å². The van der Waals surface area contributed by atoms with E-state index in [1.807, 2.05) is 0 Å². The highest BCUT2D eigenvalue weighted by Gasteiger charge is 2.24. The predicted octanol–water partition coefficient (Wildman–Crippen LogP) is -1.08. The number of aromatic nitrogens is 4. The van der Waals surface area contributed by atoms with Crippen LogP contribution >= 0.6 is 0 Å². The molecule has 2 atom stereocenters. The lowest BCUT2D eigenvalue weighted by Gasteiger charge is -2.29. The zero-order valence-corrected chi connectivity index (χ0v) is 12.8. The van der Waals surface area contributed by atoms with Crippen LogP contribution < -0.4 is 16.1 Å². The van der Waals surface area contributed by atoms with Crippen LogP contribution in [-0.4, -0.2) is 31.7 Å². The summed E-state index contributed by atoms with van der Waals surface area (Å²) in [6.45, 7) is 4.16. The molecule has 1 unspecified atom stereocenters. The molecule has 7 heteroatoms. The number of hydrogen-bond donors (Lipinski definition) is 2. The first-order valence-corrected chi connectivity index (χ1v) is 7.48. The van der Waals surface area contributed by atoms with Crippen molar-refractivity contribution < 1.29 is 4.90 Å². The third kappa shape index (κ3) is 2.31. The number of rotatable bonds is 2. The second-order valence-electron chi connectivity index (χ2n) is 6.07. The summed E-state index contributed by atoms with van der Waals surface area (Å²) in [4.78, 5) is 33.1. The third-order valence-electron chi connectivity index (χ3n) is 4.62. The molecule has 0 aromatic carbocycles. The third-order valence-corrected chi connectivity index (χ3v) is 4.62. The number of imidazole rings is 1. The van der Waals surface area contributed by atoms with E-state index in [1.165, 1.54) is 35.8 Å². The number of fused-ring (bicyclic) bond motifs is 1. The molecule has 0 amide bonds. The topological polar surface area (TPSA) is 77.1 Å². The molecule has 1 saturated heterocycles. The number of H-pyrrole nitrogens is 1. The highest BCUT2D eigenvalue weighted by atomic mass is 16.2. The number of hydrogen-bond acceptors (Lipinski definition) is 3. The Morgan fingerprint density at radius 2 is 2.05 bits per heavy atom. The van der Waals surface area contributed by atoms with Gasteiger partial charge >= 0.3 is 5.69 Å². The fraction of sp³-hybridized carbons (Fsp3) is 0.643. The molecule has 114 valence electrons. The smallest absolute Gasteiger partial charge is 0.331 e. The number of aromatic amines is 1. The van der Waals surface area contributed by atoms with Gasteiger partial charge in [0.2, 0.25) is 0 Å². The number of likely N-dealkylation sites (tertiary alicyclic amines) is 1. The van der Waals surface area contributed by atoms with Gasteiger partial charge in [0.1, 0.15) is 12.1 Å². The Morgan fingerprint density at radius 3 is 2.76 bits per heavy atom. The van der Waals surface area contributed by atoms with Crippen molar-refractivity contribution in [1.82, 2.24) is 19.1 Å². The maximum Gasteiger partial charge on any atom is 0.332 e. The highest BCUT2D eigenvalue weighted by molar-refractivity contribution is 5.69. The summed E-state index contributed by atoms with van der Waals surface area (Å²) in [7, 11) is 3.13. The Bertz CT molecular complexity index is 785. The zero-order chi connectivity index (χ0) is 15.1. The van der Waals surface area contributed by atoms with E-state index >= 15 is 0 Å². The van der Waals surface area contributed by atoms with Crippen molar-refractivity contribution in [3.63, 3.8) is 0 Å². The van der Waals surface area contributed by atoms with E-state index in [0.29, 0.717) is 17.2 Å². The molecule has 0 aliphatic carbocycles. The average Bonchev–Trinajstić information content (AvgIpc) is 2.89. The summed E-state index contributed by atoms with van der Waals surface area (Å²) >= 11 is 0. The fourth-order valence-corrected chi connectivity index (χ4v) is 3.19. The summed E-state index contributed by atoms with van der Waals surface area (Å²) in [5, 5.41) is 0. The zero-order valence-electron chi connectivity index (χ0n) is 12.8. The molecule has 21 heavy (non-hydrogen) atoms. The number of aryl methyl sites for hydroxylation is 1. The molecule has 0 radical (unpaired) electrons. The second kappa shape index (κ2) is 5.14. The van der Waals surface area contributed by atoms with Crippen molar-refractivity contribution in [3.05, 3.63) is 26.7 Å². The van der Waals surface area contributed by atoms with E-state index in [2.05, 4.69) is 16.9 Å². The van der Waals surface area contributed by atoms with Gasteiger partial charge in [-0.15, -0.1) is 0 Å². The van der Waals surface area contributed by atoms with Crippen LogP contribution in [0.15, 0.2) is 9.59 Å². The first-order valence-electron chi connectivity index (χ1n) is 7.48. The van der Waals surface area contributed by atoms with E-state index in [9.17, 15) is 9.59 Å². The lowest BCUT2D eigenvalue weighted by atomic mass is 10.0. The van der Waals surface area contributed by atoms with Crippen molar-refractivity contribution in [3.8, 4) is 0 Å². The summed E-state index contributed by atoms with van der Waals surface area (Å²) in [5.41, 5.74) is 0.207. The molecule has 0 spiro atoms. The Kier molecular flexibility index (Phi) is 3.44. The monoisotopic (exact) mass is 292 g/mol. The standard InChI is InChI=1S/C14H21N5O2/c1-9-6-4-5-7-19(9)8-10-15-11-12(16-10)17(2)14(21)18(3)13(11)20/h9H,4-8H2,1-3H3,(H,15,16)/p+1/t9-/m1/s1. The SMILES string of the molecule is C[C@@H]1CCCC[NH+]1Cc1nc2c([nH]1)c(=O)n(C)c(=O)n2C. The summed E-state index contributed by atoms with van der Waals surface area (Å²) in [6.07, 6.45) is 3.76. The van der Waals surface area contributed by atoms with Crippen LogP contribution in [0.5, 0.6) is 0 Å². The lowest BCUT2D eigenvalue weighted by molar-refractivity contribution is -0.942. The number of quaternary nitrogens is 1. The molecule has 1 fully saturated rings. The van der Waals surface area contributed by atoms with Crippen LogP contribution in [0.1, 0.15) is 32.0 Å². The molecule has 7 nitrogen and oxygen atoms in total. The van der Waals surface area contributed by atoms with E-state index in [1.54, 1.807) is 7.05 Å². The molecule has 2 aromatic heterocycles. The highest BCUT2D eigenvalue weighted by Crippen LogP contribution is 2.06. The van der Waals surface area contributed by atoms with Gasteiger partial charge in [-0.25, -0.2) is 9.78 Å². The molecule has 0 saturated carbocycles. The van der Waals surface area contributed by atoms with E-state index in [0.717, 1.165) is 23.5 Å². The van der Waals surface area contributed by atoms with Crippen molar-refractivity contribution in [2.45, 2.75) is 38.8 Å². The molecular weight excluding hydrogens is 270 g/mol. The summed E-state index contributed by atoms with van der Waals surface area (Å²) in [6, 6.07) is 0.610. The van der Waals surface area contributed by atoms with Crippen molar-refractivity contribution in [2.24, 2.45) is 14.1 Å². The van der Waals surface area contributed by atoms with E-state index in [4.69, 9.17) is 0 Å². The minimum atomic E-state index is -0.343. The van der Waals surface area contributed by atoms with Gasteiger partial charge in [-0.3, -0.25) is 13.9 Å². The summed E-state index contributed by atoms with van der Waals surface area (Å²) < 4.78 is 2.53. The molecule has 2 N–H and O–H groups in total. The van der Waals surface area contributed by atoms with Crippen LogP contribution in [0.2, 0.25) is 0 Å². The van der Waals surface area contributed by atoms with E-state index < -0.39 is 0 Å². The first kappa shape index (κ1) is 14.1. The largest absolute Gasteiger partial charge is 0.332 e. The number of piperidine rings is 1. The van der Waals surface area contributed by atoms with Crippen LogP contribution in [0.3, 0.4) is 0 Å². The van der Waals surface area contributed by atoms with Gasteiger partial charge in [-0.2, -0.15) is 0 Å². The lowest BCUT2D eigenvalue weighted by Crippen LogP contribution is -3.15.